The van der Waals surface area contributed by atoms with Gasteiger partial charge in [0.05, 0.1) is 5.41 Å². The summed E-state index contributed by atoms with van der Waals surface area (Å²) < 4.78 is 0. The molecule has 9 aromatic rings. The minimum absolute atomic E-state index is 0.367. The Morgan fingerprint density at radius 2 is 0.571 bits per heavy atom. The maximum atomic E-state index is 2.43. The zero-order chi connectivity index (χ0) is 37.1. The van der Waals surface area contributed by atoms with Crippen LogP contribution in [0.3, 0.4) is 0 Å². The summed E-state index contributed by atoms with van der Waals surface area (Å²) in [6.45, 7) is 0. The van der Waals surface area contributed by atoms with Crippen LogP contribution in [0.4, 0.5) is 17.1 Å². The zero-order valence-corrected chi connectivity index (χ0v) is 30.8. The zero-order valence-electron chi connectivity index (χ0n) is 30.8. The normalized spacial score (nSPS) is 12.8. The monoisotopic (exact) mass is 711 g/mol. The van der Waals surface area contributed by atoms with Crippen molar-refractivity contribution in [3.8, 4) is 55.6 Å². The van der Waals surface area contributed by atoms with Gasteiger partial charge in [-0.05, 0) is 114 Å². The third-order valence-electron chi connectivity index (χ3n) is 11.9. The molecule has 0 N–H and O–H groups in total. The van der Waals surface area contributed by atoms with Crippen LogP contribution in [0.2, 0.25) is 0 Å². The largest absolute Gasteiger partial charge is 0.310 e. The number of nitrogens with zero attached hydrogens (tertiary/aromatic N) is 1. The van der Waals surface area contributed by atoms with E-state index in [9.17, 15) is 0 Å². The molecule has 0 aromatic heterocycles. The van der Waals surface area contributed by atoms with Gasteiger partial charge in [-0.1, -0.05) is 188 Å². The molecule has 0 amide bonds. The second-order valence-electron chi connectivity index (χ2n) is 14.8. The van der Waals surface area contributed by atoms with E-state index in [1.807, 2.05) is 0 Å². The highest BCUT2D eigenvalue weighted by Gasteiger charge is 2.51. The molecule has 0 fully saturated rings. The molecule has 262 valence electrons. The first kappa shape index (κ1) is 32.2. The van der Waals surface area contributed by atoms with Crippen molar-refractivity contribution in [1.29, 1.82) is 0 Å². The van der Waals surface area contributed by atoms with Crippen LogP contribution >= 0.6 is 0 Å². The van der Waals surface area contributed by atoms with E-state index in [1.54, 1.807) is 0 Å². The van der Waals surface area contributed by atoms with Gasteiger partial charge in [0.2, 0.25) is 0 Å². The lowest BCUT2D eigenvalue weighted by molar-refractivity contribution is 0.794. The summed E-state index contributed by atoms with van der Waals surface area (Å²) in [5.41, 5.74) is 20.9. The van der Waals surface area contributed by atoms with Gasteiger partial charge in [-0.25, -0.2) is 0 Å². The quantitative estimate of drug-likeness (QED) is 0.166. The fraction of sp³-hybridized carbons (Fsp3) is 0.0182. The highest BCUT2D eigenvalue weighted by Crippen LogP contribution is 2.63. The molecule has 0 aliphatic heterocycles. The molecule has 11 rings (SSSR count). The minimum Gasteiger partial charge on any atom is -0.310 e. The summed E-state index contributed by atoms with van der Waals surface area (Å²) in [6.07, 6.45) is 0. The van der Waals surface area contributed by atoms with Gasteiger partial charge in [-0.2, -0.15) is 0 Å². The molecule has 9 aromatic carbocycles. The Bertz CT molecular complexity index is 2840. The van der Waals surface area contributed by atoms with Crippen molar-refractivity contribution in [3.05, 3.63) is 247 Å². The molecule has 0 unspecified atom stereocenters. The predicted molar refractivity (Wildman–Crippen MR) is 234 cm³/mol. The highest BCUT2D eigenvalue weighted by atomic mass is 15.1. The molecule has 2 aliphatic carbocycles. The van der Waals surface area contributed by atoms with Crippen LogP contribution in [0, 0.1) is 0 Å². The first-order valence-electron chi connectivity index (χ1n) is 19.4. The minimum atomic E-state index is -0.367. The smallest absolute Gasteiger partial charge is 0.0725 e. The van der Waals surface area contributed by atoms with Gasteiger partial charge >= 0.3 is 0 Å². The van der Waals surface area contributed by atoms with E-state index in [4.69, 9.17) is 0 Å². The number of hydrogen-bond donors (Lipinski definition) is 0. The number of benzene rings is 9. The van der Waals surface area contributed by atoms with E-state index < -0.39 is 0 Å². The summed E-state index contributed by atoms with van der Waals surface area (Å²) in [5, 5.41) is 0. The summed E-state index contributed by atoms with van der Waals surface area (Å²) in [7, 11) is 0. The molecule has 0 atom stereocenters. The van der Waals surface area contributed by atoms with Gasteiger partial charge in [0.1, 0.15) is 0 Å². The van der Waals surface area contributed by atoms with Crippen LogP contribution in [0.25, 0.3) is 55.6 Å². The van der Waals surface area contributed by atoms with Crippen LogP contribution < -0.4 is 4.90 Å². The van der Waals surface area contributed by atoms with Gasteiger partial charge in [-0.15, -0.1) is 0 Å². The van der Waals surface area contributed by atoms with Crippen molar-refractivity contribution >= 4 is 17.1 Å². The Kier molecular flexibility index (Phi) is 7.47. The number of fused-ring (bicyclic) bond motifs is 10. The van der Waals surface area contributed by atoms with Crippen LogP contribution in [0.1, 0.15) is 22.3 Å². The molecular weight excluding hydrogens is 675 g/mol. The molecule has 0 heterocycles. The van der Waals surface area contributed by atoms with Crippen LogP contribution in [-0.4, -0.2) is 0 Å². The Balaban J connectivity index is 1.08. The standard InChI is InChI=1S/C55H37N/c1-3-15-38(16-4-1)39-27-31-42(32-28-39)56(43-33-29-41(30-34-43)46-20-8-7-19-45(46)40-17-5-2-6-18-40)44-35-36-54-50(37-44)49-23-11-14-26-53(49)55(54)51-24-12-9-21-47(51)48-22-10-13-25-52(48)55/h1-37H. The van der Waals surface area contributed by atoms with Gasteiger partial charge < -0.3 is 4.90 Å². The average molecular weight is 712 g/mol. The number of anilines is 3. The van der Waals surface area contributed by atoms with Crippen molar-refractivity contribution in [2.24, 2.45) is 0 Å². The molecule has 0 bridgehead atoms. The molecule has 1 heteroatoms. The van der Waals surface area contributed by atoms with E-state index in [2.05, 4.69) is 229 Å². The maximum Gasteiger partial charge on any atom is 0.0725 e. The van der Waals surface area contributed by atoms with Gasteiger partial charge in [0, 0.05) is 17.1 Å². The van der Waals surface area contributed by atoms with Gasteiger partial charge in [0.25, 0.3) is 0 Å². The molecule has 1 nitrogen and oxygen atoms in total. The van der Waals surface area contributed by atoms with Crippen LogP contribution in [0.15, 0.2) is 224 Å². The number of rotatable bonds is 6. The molecule has 1 spiro atoms. The lowest BCUT2D eigenvalue weighted by atomic mass is 9.70. The average Bonchev–Trinajstić information content (AvgIpc) is 3.75. The molecule has 56 heavy (non-hydrogen) atoms. The first-order chi connectivity index (χ1) is 27.8. The third kappa shape index (κ3) is 4.88. The lowest BCUT2D eigenvalue weighted by Crippen LogP contribution is -2.25. The first-order valence-corrected chi connectivity index (χ1v) is 19.4. The molecule has 0 saturated carbocycles. The lowest BCUT2D eigenvalue weighted by Gasteiger charge is -2.31. The van der Waals surface area contributed by atoms with E-state index in [1.165, 1.54) is 77.9 Å². The predicted octanol–water partition coefficient (Wildman–Crippen LogP) is 14.5. The second kappa shape index (κ2) is 13.0. The molecule has 0 saturated heterocycles. The Morgan fingerprint density at radius 1 is 0.232 bits per heavy atom. The highest BCUT2D eigenvalue weighted by molar-refractivity contribution is 5.96. The van der Waals surface area contributed by atoms with Crippen molar-refractivity contribution in [3.63, 3.8) is 0 Å². The third-order valence-corrected chi connectivity index (χ3v) is 11.9. The fourth-order valence-corrected chi connectivity index (χ4v) is 9.50. The molecular formula is C55H37N. The van der Waals surface area contributed by atoms with Crippen molar-refractivity contribution in [2.75, 3.05) is 4.90 Å². The summed E-state index contributed by atoms with van der Waals surface area (Å²) in [4.78, 5) is 2.41. The van der Waals surface area contributed by atoms with E-state index in [0.29, 0.717) is 0 Å². The summed E-state index contributed by atoms with van der Waals surface area (Å²) in [5.74, 6) is 0. The maximum absolute atomic E-state index is 2.43. The number of hydrogen-bond acceptors (Lipinski definition) is 1. The Labute approximate surface area is 328 Å². The van der Waals surface area contributed by atoms with E-state index in [0.717, 1.165) is 17.1 Å². The van der Waals surface area contributed by atoms with Crippen molar-refractivity contribution < 1.29 is 0 Å². The van der Waals surface area contributed by atoms with E-state index in [-0.39, 0.29) is 5.41 Å². The Hall–Kier alpha value is -7.22. The van der Waals surface area contributed by atoms with Crippen LogP contribution in [0.5, 0.6) is 0 Å². The van der Waals surface area contributed by atoms with E-state index >= 15 is 0 Å². The molecule has 0 radical (unpaired) electrons. The SMILES string of the molecule is c1ccc(-c2ccc(N(c3ccc(-c4ccccc4-c4ccccc4)cc3)c3ccc4c(c3)-c3ccccc3C43c4ccccc4-c4ccccc43)cc2)cc1. The summed E-state index contributed by atoms with van der Waals surface area (Å²) >= 11 is 0. The van der Waals surface area contributed by atoms with Gasteiger partial charge in [0.15, 0.2) is 0 Å². The fourth-order valence-electron chi connectivity index (χ4n) is 9.50. The second-order valence-corrected chi connectivity index (χ2v) is 14.8. The summed E-state index contributed by atoms with van der Waals surface area (Å²) in [6, 6.07) is 82.3. The van der Waals surface area contributed by atoms with Crippen molar-refractivity contribution in [2.45, 2.75) is 5.41 Å². The van der Waals surface area contributed by atoms with Crippen molar-refractivity contribution in [1.82, 2.24) is 0 Å². The van der Waals surface area contributed by atoms with Crippen LogP contribution in [-0.2, 0) is 5.41 Å². The Morgan fingerprint density at radius 3 is 1.09 bits per heavy atom. The van der Waals surface area contributed by atoms with Gasteiger partial charge in [-0.3, -0.25) is 0 Å². The molecule has 2 aliphatic rings. The topological polar surface area (TPSA) is 3.24 Å².